The summed E-state index contributed by atoms with van der Waals surface area (Å²) in [6.07, 6.45) is -10.6. The first kappa shape index (κ1) is 24.2. The number of hydrogen-bond acceptors (Lipinski definition) is 5. The first-order valence-electron chi connectivity index (χ1n) is 7.96. The van der Waals surface area contributed by atoms with Gasteiger partial charge in [-0.1, -0.05) is 6.92 Å². The van der Waals surface area contributed by atoms with Crippen LogP contribution in [0.25, 0.3) is 0 Å². The molecule has 162 valence electrons. The van der Waals surface area contributed by atoms with Crippen LogP contribution >= 0.6 is 0 Å². The predicted molar refractivity (Wildman–Crippen MR) is 85.5 cm³/mol. The molecule has 0 saturated heterocycles. The second-order valence-corrected chi connectivity index (χ2v) is 6.00. The summed E-state index contributed by atoms with van der Waals surface area (Å²) in [6, 6.07) is -1.19. The van der Waals surface area contributed by atoms with E-state index in [0.29, 0.717) is 0 Å². The lowest BCUT2D eigenvalue weighted by molar-refractivity contribution is -0.148. The van der Waals surface area contributed by atoms with Crippen LogP contribution in [0, 0.1) is 5.92 Å². The van der Waals surface area contributed by atoms with Gasteiger partial charge in [-0.3, -0.25) is 9.59 Å². The van der Waals surface area contributed by atoms with Crippen LogP contribution in [0.4, 0.5) is 26.3 Å². The van der Waals surface area contributed by atoms with E-state index in [1.165, 1.54) is 6.92 Å². The third-order valence-electron chi connectivity index (χ3n) is 3.83. The highest BCUT2D eigenvalue weighted by atomic mass is 19.4. The predicted octanol–water partition coefficient (Wildman–Crippen LogP) is 3.19. The average Bonchev–Trinajstić information content (AvgIpc) is 2.63. The van der Waals surface area contributed by atoms with Gasteiger partial charge in [0.05, 0.1) is 31.3 Å². The van der Waals surface area contributed by atoms with Gasteiger partial charge in [0.15, 0.2) is 0 Å². The molecule has 12 heteroatoms. The standard InChI is InChI=1S/C17H17F6NO5/c1-8(14(26)28-2)4-12(15(27)29-3)24-13(25)9-5-10(16(18,19)20)7-11(6-9)17(21,22)23/h5-8,12H,4H2,1-3H3,(H,24,25)/t8-,12-/m0/s1. The quantitative estimate of drug-likeness (QED) is 0.555. The molecule has 0 aliphatic rings. The molecule has 1 N–H and O–H groups in total. The molecule has 0 aromatic heterocycles. The van der Waals surface area contributed by atoms with E-state index in [0.717, 1.165) is 14.2 Å². The number of amides is 1. The molecule has 0 saturated carbocycles. The van der Waals surface area contributed by atoms with E-state index in [1.54, 1.807) is 0 Å². The van der Waals surface area contributed by atoms with Crippen LogP contribution in [0.5, 0.6) is 0 Å². The molecule has 0 unspecified atom stereocenters. The van der Waals surface area contributed by atoms with Gasteiger partial charge in [-0.15, -0.1) is 0 Å². The van der Waals surface area contributed by atoms with Gasteiger partial charge in [-0.25, -0.2) is 4.79 Å². The molecule has 2 atom stereocenters. The maximum Gasteiger partial charge on any atom is 0.416 e. The molecule has 0 aliphatic heterocycles. The fourth-order valence-electron chi connectivity index (χ4n) is 2.33. The number of nitrogens with one attached hydrogen (secondary N) is 1. The highest BCUT2D eigenvalue weighted by Gasteiger charge is 2.38. The van der Waals surface area contributed by atoms with Crippen molar-refractivity contribution in [1.29, 1.82) is 0 Å². The molecule has 1 aromatic rings. The lowest BCUT2D eigenvalue weighted by Gasteiger charge is -2.20. The Morgan fingerprint density at radius 1 is 0.897 bits per heavy atom. The van der Waals surface area contributed by atoms with Crippen LogP contribution in [0.2, 0.25) is 0 Å². The van der Waals surface area contributed by atoms with Crippen molar-refractivity contribution in [2.75, 3.05) is 14.2 Å². The summed E-state index contributed by atoms with van der Waals surface area (Å²) in [4.78, 5) is 35.6. The first-order chi connectivity index (χ1) is 13.2. The lowest BCUT2D eigenvalue weighted by Crippen LogP contribution is -2.43. The molecule has 0 radical (unpaired) electrons. The van der Waals surface area contributed by atoms with Crippen molar-refractivity contribution in [1.82, 2.24) is 5.32 Å². The normalized spacial score (nSPS) is 14.0. The summed E-state index contributed by atoms with van der Waals surface area (Å²) in [5, 5.41) is 2.00. The molecule has 0 heterocycles. The second-order valence-electron chi connectivity index (χ2n) is 6.00. The van der Waals surface area contributed by atoms with Gasteiger partial charge >= 0.3 is 24.3 Å². The maximum absolute atomic E-state index is 12.9. The van der Waals surface area contributed by atoms with Gasteiger partial charge in [0, 0.05) is 5.56 Å². The molecule has 1 aromatic carbocycles. The zero-order valence-electron chi connectivity index (χ0n) is 15.4. The molecule has 0 bridgehead atoms. The zero-order valence-corrected chi connectivity index (χ0v) is 15.4. The van der Waals surface area contributed by atoms with E-state index in [-0.39, 0.29) is 24.6 Å². The Bertz CT molecular complexity index is 742. The summed E-state index contributed by atoms with van der Waals surface area (Å²) in [5.41, 5.74) is -4.34. The molecule has 0 fully saturated rings. The summed E-state index contributed by atoms with van der Waals surface area (Å²) < 4.78 is 86.4. The third kappa shape index (κ3) is 6.64. The summed E-state index contributed by atoms with van der Waals surface area (Å²) in [6.45, 7) is 1.35. The number of alkyl halides is 6. The van der Waals surface area contributed by atoms with Crippen molar-refractivity contribution in [3.63, 3.8) is 0 Å². The minimum absolute atomic E-state index is 0.131. The first-order valence-corrected chi connectivity index (χ1v) is 7.96. The molecular formula is C17H17F6NO5. The number of rotatable bonds is 6. The molecule has 1 rings (SSSR count). The van der Waals surface area contributed by atoms with Gasteiger partial charge in [-0.2, -0.15) is 26.3 Å². The van der Waals surface area contributed by atoms with E-state index in [4.69, 9.17) is 0 Å². The summed E-state index contributed by atoms with van der Waals surface area (Å²) >= 11 is 0. The Labute approximate surface area is 161 Å². The number of benzene rings is 1. The topological polar surface area (TPSA) is 81.7 Å². The number of carbonyl (C=O) groups excluding carboxylic acids is 3. The molecular weight excluding hydrogens is 412 g/mol. The highest BCUT2D eigenvalue weighted by Crippen LogP contribution is 2.36. The van der Waals surface area contributed by atoms with E-state index in [9.17, 15) is 40.7 Å². The number of carbonyl (C=O) groups is 3. The van der Waals surface area contributed by atoms with E-state index < -0.39 is 58.8 Å². The fourth-order valence-corrected chi connectivity index (χ4v) is 2.33. The molecule has 1 amide bonds. The number of halogens is 6. The van der Waals surface area contributed by atoms with E-state index >= 15 is 0 Å². The van der Waals surface area contributed by atoms with E-state index in [2.05, 4.69) is 9.47 Å². The van der Waals surface area contributed by atoms with Crippen LogP contribution in [0.3, 0.4) is 0 Å². The number of ether oxygens (including phenoxy) is 2. The Balaban J connectivity index is 3.26. The molecule has 0 aliphatic carbocycles. The Morgan fingerprint density at radius 2 is 1.34 bits per heavy atom. The Morgan fingerprint density at radius 3 is 1.72 bits per heavy atom. The number of methoxy groups -OCH3 is 2. The second kappa shape index (κ2) is 9.14. The minimum Gasteiger partial charge on any atom is -0.469 e. The van der Waals surface area contributed by atoms with Gasteiger partial charge in [0.25, 0.3) is 5.91 Å². The Kier molecular flexibility index (Phi) is 7.64. The molecule has 0 spiro atoms. The molecule has 29 heavy (non-hydrogen) atoms. The van der Waals surface area contributed by atoms with Gasteiger partial charge < -0.3 is 14.8 Å². The summed E-state index contributed by atoms with van der Waals surface area (Å²) in [5.74, 6) is -4.09. The van der Waals surface area contributed by atoms with Crippen LogP contribution in [-0.2, 0) is 31.4 Å². The van der Waals surface area contributed by atoms with Crippen molar-refractivity contribution in [3.05, 3.63) is 34.9 Å². The van der Waals surface area contributed by atoms with Crippen LogP contribution in [-0.4, -0.2) is 38.1 Å². The van der Waals surface area contributed by atoms with Crippen molar-refractivity contribution >= 4 is 17.8 Å². The van der Waals surface area contributed by atoms with Gasteiger partial charge in [-0.05, 0) is 24.6 Å². The summed E-state index contributed by atoms with van der Waals surface area (Å²) in [7, 11) is 2.03. The highest BCUT2D eigenvalue weighted by molar-refractivity contribution is 5.97. The third-order valence-corrected chi connectivity index (χ3v) is 3.83. The van der Waals surface area contributed by atoms with E-state index in [1.807, 2.05) is 5.32 Å². The van der Waals surface area contributed by atoms with Gasteiger partial charge in [0.2, 0.25) is 0 Å². The fraction of sp³-hybridized carbons (Fsp3) is 0.471. The maximum atomic E-state index is 12.9. The van der Waals surface area contributed by atoms with Crippen LogP contribution in [0.1, 0.15) is 34.8 Å². The number of esters is 2. The zero-order chi connectivity index (χ0) is 22.6. The van der Waals surface area contributed by atoms with Crippen LogP contribution < -0.4 is 5.32 Å². The van der Waals surface area contributed by atoms with Crippen LogP contribution in [0.15, 0.2) is 18.2 Å². The largest absolute Gasteiger partial charge is 0.469 e. The van der Waals surface area contributed by atoms with Gasteiger partial charge in [0.1, 0.15) is 6.04 Å². The smallest absolute Gasteiger partial charge is 0.416 e. The average molecular weight is 429 g/mol. The lowest BCUT2D eigenvalue weighted by atomic mass is 10.0. The Hall–Kier alpha value is -2.79. The SMILES string of the molecule is COC(=O)[C@H](C[C@H](C)C(=O)OC)NC(=O)c1cc(C(F)(F)F)cc(C(F)(F)F)c1. The monoisotopic (exact) mass is 429 g/mol. The number of hydrogen-bond donors (Lipinski definition) is 1. The van der Waals surface area contributed by atoms with Crippen molar-refractivity contribution in [2.45, 2.75) is 31.7 Å². The minimum atomic E-state index is -5.14. The van der Waals surface area contributed by atoms with Crippen molar-refractivity contribution in [2.24, 2.45) is 5.92 Å². The van der Waals surface area contributed by atoms with Crippen molar-refractivity contribution in [3.8, 4) is 0 Å². The van der Waals surface area contributed by atoms with Crippen molar-refractivity contribution < 1.29 is 50.2 Å². The molecule has 6 nitrogen and oxygen atoms in total.